The number of hydrogen-bond acceptors (Lipinski definition) is 3. The average molecular weight is 314 g/mol. The van der Waals surface area contributed by atoms with E-state index in [-0.39, 0.29) is 30.9 Å². The number of carbonyl (C=O) groups excluding carboxylic acids is 1. The third kappa shape index (κ3) is 3.65. The summed E-state index contributed by atoms with van der Waals surface area (Å²) in [6, 6.07) is 0. The summed E-state index contributed by atoms with van der Waals surface area (Å²) < 4.78 is 33.5. The first kappa shape index (κ1) is 16.9. The predicted molar refractivity (Wildman–Crippen MR) is 79.3 cm³/mol. The maximum atomic E-state index is 13.4. The summed E-state index contributed by atoms with van der Waals surface area (Å²) in [5.41, 5.74) is 0.730. The molecule has 1 heterocycles. The minimum Gasteiger partial charge on any atom is -0.462 e. The Morgan fingerprint density at radius 1 is 1.41 bits per heavy atom. The van der Waals surface area contributed by atoms with Gasteiger partial charge in [-0.2, -0.15) is 5.10 Å². The molecule has 1 saturated carbocycles. The molecular formula is C16H24F2N2O2. The van der Waals surface area contributed by atoms with Crippen molar-refractivity contribution in [3.8, 4) is 0 Å². The van der Waals surface area contributed by atoms with Gasteiger partial charge in [-0.1, -0.05) is 0 Å². The van der Waals surface area contributed by atoms with Gasteiger partial charge in [0.15, 0.2) is 0 Å². The van der Waals surface area contributed by atoms with Crippen LogP contribution in [0.15, 0.2) is 6.20 Å². The van der Waals surface area contributed by atoms with Crippen molar-refractivity contribution in [2.45, 2.75) is 70.8 Å². The average Bonchev–Trinajstić information content (AvgIpc) is 2.84. The number of esters is 1. The topological polar surface area (TPSA) is 44.1 Å². The maximum Gasteiger partial charge on any atom is 0.341 e. The highest BCUT2D eigenvalue weighted by atomic mass is 19.3. The van der Waals surface area contributed by atoms with Gasteiger partial charge >= 0.3 is 5.97 Å². The van der Waals surface area contributed by atoms with Crippen LogP contribution in [0.1, 0.15) is 75.3 Å². The molecule has 4 nitrogen and oxygen atoms in total. The fraction of sp³-hybridized carbons (Fsp3) is 0.750. The van der Waals surface area contributed by atoms with E-state index in [9.17, 15) is 13.6 Å². The van der Waals surface area contributed by atoms with Gasteiger partial charge in [0.1, 0.15) is 5.56 Å². The Kier molecular flexibility index (Phi) is 4.59. The number of rotatable bonds is 3. The van der Waals surface area contributed by atoms with Gasteiger partial charge in [-0.3, -0.25) is 4.68 Å². The van der Waals surface area contributed by atoms with Crippen LogP contribution in [0.2, 0.25) is 0 Å². The van der Waals surface area contributed by atoms with Crippen molar-refractivity contribution in [2.24, 2.45) is 0 Å². The molecule has 0 aromatic carbocycles. The third-order valence-corrected chi connectivity index (χ3v) is 4.03. The van der Waals surface area contributed by atoms with Gasteiger partial charge in [0.25, 0.3) is 0 Å². The molecule has 1 aromatic rings. The fourth-order valence-electron chi connectivity index (χ4n) is 2.71. The number of alkyl halides is 2. The van der Waals surface area contributed by atoms with E-state index in [0.717, 1.165) is 0 Å². The first-order chi connectivity index (χ1) is 10.1. The SMILES string of the molecule is CCOC(=O)c1cn(C(C)(C)C)nc1C1CCC(F)(F)CC1. The number of halogens is 2. The van der Waals surface area contributed by atoms with Crippen molar-refractivity contribution in [3.05, 3.63) is 17.5 Å². The molecule has 0 aliphatic heterocycles. The van der Waals surface area contributed by atoms with Crippen LogP contribution < -0.4 is 0 Å². The molecule has 1 aliphatic carbocycles. The molecule has 0 bridgehead atoms. The summed E-state index contributed by atoms with van der Waals surface area (Å²) in [4.78, 5) is 12.2. The van der Waals surface area contributed by atoms with Crippen molar-refractivity contribution < 1.29 is 18.3 Å². The zero-order valence-electron chi connectivity index (χ0n) is 13.7. The molecule has 0 N–H and O–H groups in total. The highest BCUT2D eigenvalue weighted by Gasteiger charge is 2.38. The lowest BCUT2D eigenvalue weighted by Gasteiger charge is -2.27. The lowest BCUT2D eigenvalue weighted by atomic mass is 9.83. The lowest BCUT2D eigenvalue weighted by Crippen LogP contribution is -2.25. The molecule has 0 amide bonds. The molecule has 0 unspecified atom stereocenters. The Balaban J connectivity index is 2.32. The van der Waals surface area contributed by atoms with Crippen LogP contribution in [-0.2, 0) is 10.3 Å². The Hall–Kier alpha value is -1.46. The maximum absolute atomic E-state index is 13.4. The Morgan fingerprint density at radius 3 is 2.50 bits per heavy atom. The van der Waals surface area contributed by atoms with Gasteiger partial charge in [-0.25, -0.2) is 13.6 Å². The second-order valence-corrected chi connectivity index (χ2v) is 6.89. The minimum absolute atomic E-state index is 0.109. The molecule has 6 heteroatoms. The quantitative estimate of drug-likeness (QED) is 0.789. The van der Waals surface area contributed by atoms with Crippen molar-refractivity contribution in [1.29, 1.82) is 0 Å². The van der Waals surface area contributed by atoms with Crippen LogP contribution in [0.5, 0.6) is 0 Å². The van der Waals surface area contributed by atoms with Crippen molar-refractivity contribution >= 4 is 5.97 Å². The highest BCUT2D eigenvalue weighted by molar-refractivity contribution is 5.90. The van der Waals surface area contributed by atoms with E-state index < -0.39 is 11.9 Å². The molecule has 0 saturated heterocycles. The zero-order chi connectivity index (χ0) is 16.5. The first-order valence-corrected chi connectivity index (χ1v) is 7.79. The van der Waals surface area contributed by atoms with E-state index in [1.807, 2.05) is 20.8 Å². The molecule has 1 fully saturated rings. The van der Waals surface area contributed by atoms with E-state index >= 15 is 0 Å². The summed E-state index contributed by atoms with van der Waals surface area (Å²) in [6.07, 6.45) is 2.08. The number of hydrogen-bond donors (Lipinski definition) is 0. The molecule has 0 radical (unpaired) electrons. The smallest absolute Gasteiger partial charge is 0.341 e. The van der Waals surface area contributed by atoms with Crippen LogP contribution in [0.3, 0.4) is 0 Å². The molecule has 0 atom stereocenters. The van der Waals surface area contributed by atoms with E-state index in [1.54, 1.807) is 17.8 Å². The van der Waals surface area contributed by atoms with Gasteiger partial charge in [-0.05, 0) is 40.5 Å². The minimum atomic E-state index is -2.59. The Morgan fingerprint density at radius 2 is 2.00 bits per heavy atom. The Bertz CT molecular complexity index is 537. The highest BCUT2D eigenvalue weighted by Crippen LogP contribution is 2.41. The number of nitrogens with zero attached hydrogens (tertiary/aromatic N) is 2. The summed E-state index contributed by atoms with van der Waals surface area (Å²) in [5.74, 6) is -3.12. The molecule has 1 aliphatic rings. The molecule has 0 spiro atoms. The van der Waals surface area contributed by atoms with Gasteiger partial charge in [0.05, 0.1) is 17.8 Å². The van der Waals surface area contributed by atoms with Gasteiger partial charge in [0, 0.05) is 25.0 Å². The summed E-state index contributed by atoms with van der Waals surface area (Å²) >= 11 is 0. The fourth-order valence-corrected chi connectivity index (χ4v) is 2.71. The second-order valence-electron chi connectivity index (χ2n) is 6.89. The number of aromatic nitrogens is 2. The first-order valence-electron chi connectivity index (χ1n) is 7.79. The van der Waals surface area contributed by atoms with Crippen LogP contribution >= 0.6 is 0 Å². The van der Waals surface area contributed by atoms with Crippen LogP contribution in [0.25, 0.3) is 0 Å². The van der Waals surface area contributed by atoms with Crippen LogP contribution in [-0.4, -0.2) is 28.3 Å². The largest absolute Gasteiger partial charge is 0.462 e. The molecular weight excluding hydrogens is 290 g/mol. The molecule has 1 aromatic heterocycles. The third-order valence-electron chi connectivity index (χ3n) is 4.03. The predicted octanol–water partition coefficient (Wildman–Crippen LogP) is 4.11. The van der Waals surface area contributed by atoms with E-state index in [2.05, 4.69) is 5.10 Å². The van der Waals surface area contributed by atoms with Crippen LogP contribution in [0.4, 0.5) is 8.78 Å². The molecule has 2 rings (SSSR count). The molecule has 22 heavy (non-hydrogen) atoms. The Labute approximate surface area is 129 Å². The van der Waals surface area contributed by atoms with E-state index in [4.69, 9.17) is 4.74 Å². The summed E-state index contributed by atoms with van der Waals surface area (Å²) in [6.45, 7) is 7.96. The van der Waals surface area contributed by atoms with Gasteiger partial charge in [-0.15, -0.1) is 0 Å². The second kappa shape index (κ2) is 5.97. The van der Waals surface area contributed by atoms with Crippen LogP contribution in [0, 0.1) is 0 Å². The zero-order valence-corrected chi connectivity index (χ0v) is 13.7. The number of ether oxygens (including phenoxy) is 1. The number of carbonyl (C=O) groups is 1. The normalized spacial score (nSPS) is 19.2. The van der Waals surface area contributed by atoms with Crippen molar-refractivity contribution in [2.75, 3.05) is 6.61 Å². The van der Waals surface area contributed by atoms with Gasteiger partial charge in [0.2, 0.25) is 5.92 Å². The van der Waals surface area contributed by atoms with Crippen molar-refractivity contribution in [1.82, 2.24) is 9.78 Å². The standard InChI is InChI=1S/C16H24F2N2O2/c1-5-22-14(21)12-10-20(15(2,3)4)19-13(12)11-6-8-16(17,18)9-7-11/h10-11H,5-9H2,1-4H3. The van der Waals surface area contributed by atoms with E-state index in [0.29, 0.717) is 24.1 Å². The lowest BCUT2D eigenvalue weighted by molar-refractivity contribution is -0.0385. The summed E-state index contributed by atoms with van der Waals surface area (Å²) in [5, 5.41) is 4.53. The van der Waals surface area contributed by atoms with Gasteiger partial charge < -0.3 is 4.74 Å². The summed E-state index contributed by atoms with van der Waals surface area (Å²) in [7, 11) is 0. The molecule has 124 valence electrons. The monoisotopic (exact) mass is 314 g/mol. The van der Waals surface area contributed by atoms with Crippen molar-refractivity contribution in [3.63, 3.8) is 0 Å². The van der Waals surface area contributed by atoms with E-state index in [1.165, 1.54) is 0 Å².